The lowest BCUT2D eigenvalue weighted by Gasteiger charge is -2.09. The van der Waals surface area contributed by atoms with Gasteiger partial charge in [-0.2, -0.15) is 11.8 Å². The van der Waals surface area contributed by atoms with Gasteiger partial charge in [-0.25, -0.2) is 0 Å². The average Bonchev–Trinajstić information content (AvgIpc) is 2.63. The summed E-state index contributed by atoms with van der Waals surface area (Å²) in [7, 11) is 0. The molecule has 0 saturated carbocycles. The number of carbonyl (C=O) groups is 1. The Hall–Kier alpha value is 0.170. The zero-order valence-electron chi connectivity index (χ0n) is 6.45. The molecule has 0 aromatic rings. The summed E-state index contributed by atoms with van der Waals surface area (Å²) in [5, 5.41) is 0.806. The highest BCUT2D eigenvalue weighted by atomic mass is 32.2. The van der Waals surface area contributed by atoms with Crippen LogP contribution in [0.25, 0.3) is 0 Å². The molecule has 11 heavy (non-hydrogen) atoms. The van der Waals surface area contributed by atoms with Gasteiger partial charge in [-0.15, -0.1) is 12.6 Å². The van der Waals surface area contributed by atoms with E-state index in [2.05, 4.69) is 12.6 Å². The van der Waals surface area contributed by atoms with Crippen LogP contribution in [0.3, 0.4) is 0 Å². The summed E-state index contributed by atoms with van der Waals surface area (Å²) in [6, 6.07) is 0. The molecule has 0 N–H and O–H groups in total. The number of esters is 1. The quantitative estimate of drug-likeness (QED) is 0.318. The molecule has 1 heterocycles. The van der Waals surface area contributed by atoms with E-state index in [0.29, 0.717) is 0 Å². The molecule has 64 valence electrons. The molecule has 1 rings (SSSR count). The van der Waals surface area contributed by atoms with Crippen LogP contribution in [0.2, 0.25) is 0 Å². The van der Waals surface area contributed by atoms with Crippen molar-refractivity contribution >= 4 is 30.4 Å². The zero-order chi connectivity index (χ0) is 8.27. The first kappa shape index (κ1) is 9.26. The van der Waals surface area contributed by atoms with Gasteiger partial charge in [-0.3, -0.25) is 4.79 Å². The van der Waals surface area contributed by atoms with Crippen LogP contribution in [0.15, 0.2) is 0 Å². The highest BCUT2D eigenvalue weighted by molar-refractivity contribution is 8.06. The van der Waals surface area contributed by atoms with Crippen molar-refractivity contribution in [3.05, 3.63) is 0 Å². The van der Waals surface area contributed by atoms with Crippen LogP contribution in [-0.4, -0.2) is 22.4 Å². The first-order chi connectivity index (χ1) is 5.18. The molecular weight excluding hydrogens is 180 g/mol. The van der Waals surface area contributed by atoms with Gasteiger partial charge in [-0.05, 0) is 12.8 Å². The minimum absolute atomic E-state index is 0.200. The first-order valence-corrected chi connectivity index (χ1v) is 5.22. The number of thiol groups is 1. The second-order valence-electron chi connectivity index (χ2n) is 2.60. The van der Waals surface area contributed by atoms with Crippen molar-refractivity contribution in [1.29, 1.82) is 0 Å². The van der Waals surface area contributed by atoms with Crippen molar-refractivity contribution < 1.29 is 9.53 Å². The summed E-state index contributed by atoms with van der Waals surface area (Å²) in [6.07, 6.45) is 1.99. The predicted octanol–water partition coefficient (Wildman–Crippen LogP) is 1.70. The Morgan fingerprint density at radius 3 is 3.00 bits per heavy atom. The number of thioether (sulfide) groups is 1. The number of hydrogen-bond acceptors (Lipinski definition) is 4. The van der Waals surface area contributed by atoms with Crippen molar-refractivity contribution in [2.45, 2.75) is 30.5 Å². The lowest BCUT2D eigenvalue weighted by atomic mass is 10.3. The van der Waals surface area contributed by atoms with Crippen molar-refractivity contribution in [3.63, 3.8) is 0 Å². The Kier molecular flexibility index (Phi) is 3.59. The van der Waals surface area contributed by atoms with Gasteiger partial charge in [0.1, 0.15) is 5.44 Å². The minimum Gasteiger partial charge on any atom is -0.452 e. The molecule has 0 aliphatic carbocycles. The summed E-state index contributed by atoms with van der Waals surface area (Å²) in [4.78, 5) is 10.4. The topological polar surface area (TPSA) is 26.3 Å². The van der Waals surface area contributed by atoms with Crippen LogP contribution >= 0.6 is 24.4 Å². The molecule has 1 aliphatic heterocycles. The van der Waals surface area contributed by atoms with Gasteiger partial charge in [0.15, 0.2) is 0 Å². The summed E-state index contributed by atoms with van der Waals surface area (Å²) in [5.41, 5.74) is -0.200. The molecule has 1 fully saturated rings. The van der Waals surface area contributed by atoms with Crippen LogP contribution in [0.1, 0.15) is 19.8 Å². The third kappa shape index (κ3) is 4.58. The maximum atomic E-state index is 10.4. The van der Waals surface area contributed by atoms with Crippen LogP contribution in [-0.2, 0) is 9.53 Å². The molecule has 2 unspecified atom stereocenters. The molecule has 2 nitrogen and oxygen atoms in total. The monoisotopic (exact) mass is 192 g/mol. The Morgan fingerprint density at radius 2 is 2.55 bits per heavy atom. The van der Waals surface area contributed by atoms with E-state index in [9.17, 15) is 4.79 Å². The van der Waals surface area contributed by atoms with Crippen LogP contribution < -0.4 is 0 Å². The maximum Gasteiger partial charge on any atom is 0.303 e. The van der Waals surface area contributed by atoms with Crippen molar-refractivity contribution in [2.24, 2.45) is 0 Å². The molecule has 4 heteroatoms. The Bertz CT molecular complexity index is 145. The van der Waals surface area contributed by atoms with Gasteiger partial charge >= 0.3 is 5.97 Å². The lowest BCUT2D eigenvalue weighted by Crippen LogP contribution is -2.10. The fourth-order valence-electron chi connectivity index (χ4n) is 0.814. The summed E-state index contributed by atoms with van der Waals surface area (Å²) in [6.45, 7) is 1.41. The molecule has 0 spiro atoms. The molecule has 1 saturated heterocycles. The minimum atomic E-state index is -0.242. The third-order valence-corrected chi connectivity index (χ3v) is 2.84. The smallest absolute Gasteiger partial charge is 0.303 e. The van der Waals surface area contributed by atoms with Gasteiger partial charge in [0, 0.05) is 17.9 Å². The molecule has 0 bridgehead atoms. The molecule has 0 aromatic carbocycles. The van der Waals surface area contributed by atoms with E-state index in [0.717, 1.165) is 18.1 Å². The van der Waals surface area contributed by atoms with E-state index < -0.39 is 0 Å². The second kappa shape index (κ2) is 4.26. The third-order valence-electron chi connectivity index (χ3n) is 1.44. The van der Waals surface area contributed by atoms with Crippen LogP contribution in [0.5, 0.6) is 0 Å². The molecule has 2 atom stereocenters. The molecule has 1 aliphatic rings. The number of hydrogen-bond donors (Lipinski definition) is 1. The molecule has 0 amide bonds. The average molecular weight is 192 g/mol. The van der Waals surface area contributed by atoms with Gasteiger partial charge in [-0.1, -0.05) is 0 Å². The van der Waals surface area contributed by atoms with Crippen molar-refractivity contribution in [3.8, 4) is 0 Å². The van der Waals surface area contributed by atoms with E-state index >= 15 is 0 Å². The largest absolute Gasteiger partial charge is 0.452 e. The van der Waals surface area contributed by atoms with E-state index in [1.54, 1.807) is 0 Å². The van der Waals surface area contributed by atoms with E-state index in [-0.39, 0.29) is 11.4 Å². The van der Waals surface area contributed by atoms with Crippen molar-refractivity contribution in [2.75, 3.05) is 5.75 Å². The van der Waals surface area contributed by atoms with E-state index in [1.807, 2.05) is 11.8 Å². The Balaban J connectivity index is 1.99. The standard InChI is InChI=1S/C7H12O2S2/c1-5(8)9-7(10)3-2-6-4-11-6/h6-7,10H,2-4H2,1H3. The Labute approximate surface area is 76.5 Å². The lowest BCUT2D eigenvalue weighted by molar-refractivity contribution is -0.142. The van der Waals surface area contributed by atoms with Gasteiger partial charge in [0.2, 0.25) is 0 Å². The van der Waals surface area contributed by atoms with Crippen LogP contribution in [0.4, 0.5) is 0 Å². The fraction of sp³-hybridized carbons (Fsp3) is 0.857. The SMILES string of the molecule is CC(=O)OC(S)CCC1CS1. The zero-order valence-corrected chi connectivity index (χ0v) is 8.16. The van der Waals surface area contributed by atoms with Gasteiger partial charge < -0.3 is 4.74 Å². The molecular formula is C7H12O2S2. The first-order valence-electron chi connectivity index (χ1n) is 3.65. The molecule has 0 aromatic heterocycles. The summed E-state index contributed by atoms with van der Waals surface area (Å²) >= 11 is 6.07. The fourth-order valence-corrected chi connectivity index (χ4v) is 1.72. The summed E-state index contributed by atoms with van der Waals surface area (Å²) in [5.74, 6) is 1.02. The van der Waals surface area contributed by atoms with E-state index in [4.69, 9.17) is 4.74 Å². The molecule has 0 radical (unpaired) electrons. The van der Waals surface area contributed by atoms with Crippen LogP contribution in [0, 0.1) is 0 Å². The number of carbonyl (C=O) groups excluding carboxylic acids is 1. The summed E-state index contributed by atoms with van der Waals surface area (Å²) < 4.78 is 4.84. The van der Waals surface area contributed by atoms with Gasteiger partial charge in [0.05, 0.1) is 0 Å². The number of rotatable bonds is 4. The highest BCUT2D eigenvalue weighted by Crippen LogP contribution is 2.34. The van der Waals surface area contributed by atoms with E-state index in [1.165, 1.54) is 12.7 Å². The predicted molar refractivity (Wildman–Crippen MR) is 50.0 cm³/mol. The normalized spacial score (nSPS) is 24.4. The highest BCUT2D eigenvalue weighted by Gasteiger charge is 2.23. The Morgan fingerprint density at radius 1 is 1.91 bits per heavy atom. The van der Waals surface area contributed by atoms with Crippen molar-refractivity contribution in [1.82, 2.24) is 0 Å². The second-order valence-corrected chi connectivity index (χ2v) is 4.51. The maximum absolute atomic E-state index is 10.4. The van der Waals surface area contributed by atoms with Gasteiger partial charge in [0.25, 0.3) is 0 Å². The number of ether oxygens (including phenoxy) is 1.